The van der Waals surface area contributed by atoms with Gasteiger partial charge in [0.15, 0.2) is 0 Å². The Balaban J connectivity index is 3.81. The van der Waals surface area contributed by atoms with Crippen LogP contribution in [0.15, 0.2) is 0 Å². The minimum absolute atomic E-state index is 0.0800. The second-order valence-corrected chi connectivity index (χ2v) is 4.47. The quantitative estimate of drug-likeness (QED) is 0.599. The predicted molar refractivity (Wildman–Crippen MR) is 57.9 cm³/mol. The third-order valence-corrected chi connectivity index (χ3v) is 2.32. The zero-order valence-corrected chi connectivity index (χ0v) is 9.56. The molecular formula is C11H25NO. The van der Waals surface area contributed by atoms with E-state index >= 15 is 0 Å². The number of aliphatic hydroxyl groups is 1. The van der Waals surface area contributed by atoms with Gasteiger partial charge in [-0.05, 0) is 13.3 Å². The van der Waals surface area contributed by atoms with Gasteiger partial charge in [0.1, 0.15) is 0 Å². The summed E-state index contributed by atoms with van der Waals surface area (Å²) in [4.78, 5) is 0. The maximum Gasteiger partial charge on any atom is 0.0610 e. The van der Waals surface area contributed by atoms with Crippen molar-refractivity contribution in [3.63, 3.8) is 0 Å². The molecule has 0 aromatic carbocycles. The van der Waals surface area contributed by atoms with E-state index in [0.29, 0.717) is 6.04 Å². The highest BCUT2D eigenvalue weighted by molar-refractivity contribution is 4.83. The molecule has 0 spiro atoms. The van der Waals surface area contributed by atoms with E-state index in [2.05, 4.69) is 33.0 Å². The second-order valence-electron chi connectivity index (χ2n) is 4.47. The largest absolute Gasteiger partial charge is 0.394 e. The molecule has 2 heteroatoms. The molecule has 0 amide bonds. The van der Waals surface area contributed by atoms with Crippen molar-refractivity contribution in [1.29, 1.82) is 0 Å². The highest BCUT2D eigenvalue weighted by Gasteiger charge is 2.22. The SMILES string of the molecule is CCCCCC(C)(CO)NC(C)C. The van der Waals surface area contributed by atoms with Crippen molar-refractivity contribution < 1.29 is 5.11 Å². The van der Waals surface area contributed by atoms with E-state index in [9.17, 15) is 5.11 Å². The van der Waals surface area contributed by atoms with E-state index in [4.69, 9.17) is 0 Å². The van der Waals surface area contributed by atoms with Crippen LogP contribution in [0.2, 0.25) is 0 Å². The average molecular weight is 187 g/mol. The topological polar surface area (TPSA) is 32.3 Å². The number of nitrogens with one attached hydrogen (secondary N) is 1. The molecule has 80 valence electrons. The van der Waals surface area contributed by atoms with Crippen molar-refractivity contribution in [3.05, 3.63) is 0 Å². The van der Waals surface area contributed by atoms with Crippen LogP contribution in [0.25, 0.3) is 0 Å². The molecule has 0 aliphatic carbocycles. The van der Waals surface area contributed by atoms with Crippen LogP contribution in [0.1, 0.15) is 53.4 Å². The molecule has 1 unspecified atom stereocenters. The van der Waals surface area contributed by atoms with E-state index in [1.54, 1.807) is 0 Å². The van der Waals surface area contributed by atoms with Crippen LogP contribution in [0.3, 0.4) is 0 Å². The van der Waals surface area contributed by atoms with Crippen molar-refractivity contribution >= 4 is 0 Å². The Morgan fingerprint density at radius 2 is 1.92 bits per heavy atom. The summed E-state index contributed by atoms with van der Waals surface area (Å²) in [7, 11) is 0. The molecule has 0 aromatic heterocycles. The molecule has 13 heavy (non-hydrogen) atoms. The van der Waals surface area contributed by atoms with Crippen molar-refractivity contribution in [2.24, 2.45) is 0 Å². The monoisotopic (exact) mass is 187 g/mol. The van der Waals surface area contributed by atoms with Crippen molar-refractivity contribution in [3.8, 4) is 0 Å². The summed E-state index contributed by atoms with van der Waals surface area (Å²) >= 11 is 0. The molecule has 0 heterocycles. The minimum atomic E-state index is -0.0800. The molecule has 0 aromatic rings. The summed E-state index contributed by atoms with van der Waals surface area (Å²) in [6.07, 6.45) is 4.77. The van der Waals surface area contributed by atoms with Crippen LogP contribution in [-0.2, 0) is 0 Å². The molecule has 0 radical (unpaired) electrons. The summed E-state index contributed by atoms with van der Waals surface area (Å²) < 4.78 is 0. The summed E-state index contributed by atoms with van der Waals surface area (Å²) in [6, 6.07) is 0.443. The Labute approximate surface area is 82.7 Å². The van der Waals surface area contributed by atoms with Gasteiger partial charge in [-0.1, -0.05) is 40.0 Å². The summed E-state index contributed by atoms with van der Waals surface area (Å²) in [5.41, 5.74) is -0.0800. The zero-order chi connectivity index (χ0) is 10.3. The average Bonchev–Trinajstić information content (AvgIpc) is 2.04. The molecule has 0 fully saturated rings. The molecule has 0 saturated carbocycles. The molecule has 0 saturated heterocycles. The fourth-order valence-electron chi connectivity index (χ4n) is 1.66. The number of hydrogen-bond donors (Lipinski definition) is 2. The third kappa shape index (κ3) is 6.05. The normalized spacial score (nSPS) is 16.2. The highest BCUT2D eigenvalue weighted by atomic mass is 16.3. The van der Waals surface area contributed by atoms with Gasteiger partial charge in [0.25, 0.3) is 0 Å². The van der Waals surface area contributed by atoms with Gasteiger partial charge in [0.05, 0.1) is 6.61 Å². The lowest BCUT2D eigenvalue weighted by Gasteiger charge is -2.31. The van der Waals surface area contributed by atoms with Gasteiger partial charge in [-0.3, -0.25) is 0 Å². The van der Waals surface area contributed by atoms with Gasteiger partial charge in [-0.2, -0.15) is 0 Å². The lowest BCUT2D eigenvalue weighted by molar-refractivity contribution is 0.154. The van der Waals surface area contributed by atoms with E-state index in [-0.39, 0.29) is 12.1 Å². The molecule has 0 aliphatic heterocycles. The van der Waals surface area contributed by atoms with Gasteiger partial charge in [-0.15, -0.1) is 0 Å². The van der Waals surface area contributed by atoms with E-state index in [0.717, 1.165) is 6.42 Å². The van der Waals surface area contributed by atoms with Crippen molar-refractivity contribution in [2.45, 2.75) is 65.0 Å². The first-order chi connectivity index (χ1) is 6.04. The fourth-order valence-corrected chi connectivity index (χ4v) is 1.66. The van der Waals surface area contributed by atoms with Crippen LogP contribution < -0.4 is 5.32 Å². The number of rotatable bonds is 7. The van der Waals surface area contributed by atoms with Crippen molar-refractivity contribution in [2.75, 3.05) is 6.61 Å². The van der Waals surface area contributed by atoms with Gasteiger partial charge < -0.3 is 10.4 Å². The Bertz CT molecular complexity index is 125. The minimum Gasteiger partial charge on any atom is -0.394 e. The van der Waals surface area contributed by atoms with E-state index < -0.39 is 0 Å². The zero-order valence-electron chi connectivity index (χ0n) is 9.56. The highest BCUT2D eigenvalue weighted by Crippen LogP contribution is 2.14. The van der Waals surface area contributed by atoms with Crippen LogP contribution in [0, 0.1) is 0 Å². The van der Waals surface area contributed by atoms with Crippen LogP contribution in [0.4, 0.5) is 0 Å². The van der Waals surface area contributed by atoms with Crippen LogP contribution in [0.5, 0.6) is 0 Å². The number of unbranched alkanes of at least 4 members (excludes halogenated alkanes) is 2. The Morgan fingerprint density at radius 1 is 1.31 bits per heavy atom. The molecular weight excluding hydrogens is 162 g/mol. The lowest BCUT2D eigenvalue weighted by Crippen LogP contribution is -2.49. The first-order valence-electron chi connectivity index (χ1n) is 5.42. The predicted octanol–water partition coefficient (Wildman–Crippen LogP) is 2.32. The van der Waals surface area contributed by atoms with Crippen LogP contribution in [-0.4, -0.2) is 23.3 Å². The molecule has 2 N–H and O–H groups in total. The first-order valence-corrected chi connectivity index (χ1v) is 5.42. The molecule has 0 aliphatic rings. The second kappa shape index (κ2) is 6.39. The Morgan fingerprint density at radius 3 is 2.31 bits per heavy atom. The molecule has 0 bridgehead atoms. The summed E-state index contributed by atoms with van der Waals surface area (Å²) in [5, 5.41) is 12.7. The summed E-state index contributed by atoms with van der Waals surface area (Å²) in [5.74, 6) is 0. The molecule has 2 nitrogen and oxygen atoms in total. The molecule has 0 rings (SSSR count). The maximum atomic E-state index is 9.27. The Kier molecular flexibility index (Phi) is 6.35. The number of hydrogen-bond acceptors (Lipinski definition) is 2. The van der Waals surface area contributed by atoms with Gasteiger partial charge in [0, 0.05) is 11.6 Å². The fraction of sp³-hybridized carbons (Fsp3) is 1.00. The Hall–Kier alpha value is -0.0800. The lowest BCUT2D eigenvalue weighted by atomic mass is 9.94. The van der Waals surface area contributed by atoms with Gasteiger partial charge in [0.2, 0.25) is 0 Å². The maximum absolute atomic E-state index is 9.27. The van der Waals surface area contributed by atoms with Crippen LogP contribution >= 0.6 is 0 Å². The van der Waals surface area contributed by atoms with E-state index in [1.165, 1.54) is 19.3 Å². The van der Waals surface area contributed by atoms with Gasteiger partial charge in [-0.25, -0.2) is 0 Å². The first kappa shape index (κ1) is 12.9. The third-order valence-electron chi connectivity index (χ3n) is 2.32. The summed E-state index contributed by atoms with van der Waals surface area (Å²) in [6.45, 7) is 8.77. The standard InChI is InChI=1S/C11H25NO/c1-5-6-7-8-11(4,9-13)12-10(2)3/h10,12-13H,5-9H2,1-4H3. The van der Waals surface area contributed by atoms with Gasteiger partial charge >= 0.3 is 0 Å². The van der Waals surface area contributed by atoms with Crippen molar-refractivity contribution in [1.82, 2.24) is 5.32 Å². The molecule has 1 atom stereocenters. The number of aliphatic hydroxyl groups excluding tert-OH is 1. The smallest absolute Gasteiger partial charge is 0.0610 e. The van der Waals surface area contributed by atoms with E-state index in [1.807, 2.05) is 0 Å².